The Labute approximate surface area is 114 Å². The van der Waals surface area contributed by atoms with Crippen LogP contribution in [0, 0.1) is 18.6 Å². The van der Waals surface area contributed by atoms with E-state index in [9.17, 15) is 13.6 Å². The minimum Gasteiger partial charge on any atom is -0.372 e. The first kappa shape index (κ1) is 13.9. The predicted octanol–water partition coefficient (Wildman–Crippen LogP) is 2.96. The number of nitrogens with one attached hydrogen (secondary N) is 2. The Balaban J connectivity index is 2.32. The largest absolute Gasteiger partial charge is 0.372 e. The first-order chi connectivity index (χ1) is 9.51. The lowest BCUT2D eigenvalue weighted by atomic mass is 10.1. The highest BCUT2D eigenvalue weighted by molar-refractivity contribution is 6.07. The van der Waals surface area contributed by atoms with Gasteiger partial charge in [-0.05, 0) is 30.7 Å². The Morgan fingerprint density at radius 3 is 2.65 bits per heavy atom. The van der Waals surface area contributed by atoms with E-state index in [0.29, 0.717) is 11.3 Å². The summed E-state index contributed by atoms with van der Waals surface area (Å²) in [4.78, 5) is 15.9. The summed E-state index contributed by atoms with van der Waals surface area (Å²) in [7, 11) is 1.57. The molecule has 2 aromatic rings. The number of hydrogen-bond donors (Lipinski definition) is 2. The standard InChI is InChI=1S/C14H13F2N3O/c1-8-3-4-9(15)6-12(8)19-14(20)11-5-10(16)7-18-13(11)17-2/h3-7H,1-2H3,(H,17,18)(H,19,20). The zero-order valence-electron chi connectivity index (χ0n) is 11.0. The van der Waals surface area contributed by atoms with Crippen LogP contribution < -0.4 is 10.6 Å². The number of carbonyl (C=O) groups is 1. The smallest absolute Gasteiger partial charge is 0.259 e. The van der Waals surface area contributed by atoms with Gasteiger partial charge in [0, 0.05) is 12.7 Å². The number of benzene rings is 1. The van der Waals surface area contributed by atoms with Crippen LogP contribution in [0.4, 0.5) is 20.3 Å². The molecule has 4 nitrogen and oxygen atoms in total. The molecule has 1 amide bonds. The summed E-state index contributed by atoms with van der Waals surface area (Å²) < 4.78 is 26.4. The first-order valence-corrected chi connectivity index (χ1v) is 5.92. The summed E-state index contributed by atoms with van der Waals surface area (Å²) in [6.45, 7) is 1.73. The molecule has 0 fully saturated rings. The molecule has 1 heterocycles. The van der Waals surface area contributed by atoms with Gasteiger partial charge >= 0.3 is 0 Å². The molecule has 6 heteroatoms. The summed E-state index contributed by atoms with van der Waals surface area (Å²) in [5.41, 5.74) is 1.09. The Kier molecular flexibility index (Phi) is 3.93. The molecule has 0 saturated heterocycles. The van der Waals surface area contributed by atoms with Crippen LogP contribution in [-0.2, 0) is 0 Å². The first-order valence-electron chi connectivity index (χ1n) is 5.92. The molecule has 1 aromatic carbocycles. The molecule has 0 aliphatic carbocycles. The van der Waals surface area contributed by atoms with Gasteiger partial charge in [0.25, 0.3) is 5.91 Å². The minimum atomic E-state index is -0.620. The van der Waals surface area contributed by atoms with E-state index < -0.39 is 17.5 Å². The SMILES string of the molecule is CNc1ncc(F)cc1C(=O)Nc1cc(F)ccc1C. The number of amides is 1. The highest BCUT2D eigenvalue weighted by Crippen LogP contribution is 2.19. The van der Waals surface area contributed by atoms with Crippen LogP contribution in [0.25, 0.3) is 0 Å². The van der Waals surface area contributed by atoms with Gasteiger partial charge in [-0.15, -0.1) is 0 Å². The summed E-state index contributed by atoms with van der Waals surface area (Å²) in [6, 6.07) is 5.13. The maximum atomic E-state index is 13.2. The number of hydrogen-bond acceptors (Lipinski definition) is 3. The van der Waals surface area contributed by atoms with Gasteiger partial charge in [0.1, 0.15) is 17.5 Å². The number of aromatic nitrogens is 1. The fourth-order valence-electron chi connectivity index (χ4n) is 1.73. The van der Waals surface area contributed by atoms with Gasteiger partial charge in [0.05, 0.1) is 11.8 Å². The van der Waals surface area contributed by atoms with Crippen molar-refractivity contribution in [3.8, 4) is 0 Å². The maximum absolute atomic E-state index is 13.2. The summed E-state index contributed by atoms with van der Waals surface area (Å²) in [5, 5.41) is 5.25. The van der Waals surface area contributed by atoms with Crippen LogP contribution in [0.3, 0.4) is 0 Å². The lowest BCUT2D eigenvalue weighted by Crippen LogP contribution is -2.16. The van der Waals surface area contributed by atoms with Crippen molar-refractivity contribution >= 4 is 17.4 Å². The van der Waals surface area contributed by atoms with Crippen molar-refractivity contribution in [2.24, 2.45) is 0 Å². The topological polar surface area (TPSA) is 54.0 Å². The normalized spacial score (nSPS) is 10.2. The number of nitrogens with zero attached hydrogens (tertiary/aromatic N) is 1. The Morgan fingerprint density at radius 2 is 1.95 bits per heavy atom. The van der Waals surface area contributed by atoms with Crippen LogP contribution in [0.1, 0.15) is 15.9 Å². The third kappa shape index (κ3) is 2.90. The molecule has 2 rings (SSSR count). The molecule has 0 unspecified atom stereocenters. The van der Waals surface area contributed by atoms with E-state index in [-0.39, 0.29) is 11.4 Å². The Morgan fingerprint density at radius 1 is 1.20 bits per heavy atom. The van der Waals surface area contributed by atoms with Gasteiger partial charge in [-0.2, -0.15) is 0 Å². The molecule has 0 aliphatic rings. The molecule has 2 N–H and O–H groups in total. The van der Waals surface area contributed by atoms with Crippen molar-refractivity contribution < 1.29 is 13.6 Å². The van der Waals surface area contributed by atoms with Gasteiger partial charge in [0.2, 0.25) is 0 Å². The molecule has 0 atom stereocenters. The fourth-order valence-corrected chi connectivity index (χ4v) is 1.73. The minimum absolute atomic E-state index is 0.0520. The maximum Gasteiger partial charge on any atom is 0.259 e. The monoisotopic (exact) mass is 277 g/mol. The number of carbonyl (C=O) groups excluding carboxylic acids is 1. The van der Waals surface area contributed by atoms with Crippen molar-refractivity contribution in [2.45, 2.75) is 6.92 Å². The zero-order valence-corrected chi connectivity index (χ0v) is 11.0. The van der Waals surface area contributed by atoms with Gasteiger partial charge in [-0.25, -0.2) is 13.8 Å². The van der Waals surface area contributed by atoms with E-state index in [1.165, 1.54) is 12.1 Å². The van der Waals surface area contributed by atoms with Crippen LogP contribution in [-0.4, -0.2) is 17.9 Å². The number of anilines is 2. The van der Waals surface area contributed by atoms with E-state index in [2.05, 4.69) is 15.6 Å². The van der Waals surface area contributed by atoms with Gasteiger partial charge < -0.3 is 10.6 Å². The lowest BCUT2D eigenvalue weighted by molar-refractivity contribution is 0.102. The second-order valence-corrected chi connectivity index (χ2v) is 4.21. The molecule has 0 spiro atoms. The van der Waals surface area contributed by atoms with Crippen LogP contribution in [0.2, 0.25) is 0 Å². The molecule has 20 heavy (non-hydrogen) atoms. The van der Waals surface area contributed by atoms with Gasteiger partial charge in [-0.1, -0.05) is 6.07 Å². The van der Waals surface area contributed by atoms with Crippen LogP contribution >= 0.6 is 0 Å². The lowest BCUT2D eigenvalue weighted by Gasteiger charge is -2.11. The molecule has 0 bridgehead atoms. The van der Waals surface area contributed by atoms with E-state index in [1.807, 2.05) is 0 Å². The molecular formula is C14H13F2N3O. The van der Waals surface area contributed by atoms with Crippen molar-refractivity contribution in [2.75, 3.05) is 17.7 Å². The zero-order chi connectivity index (χ0) is 14.7. The van der Waals surface area contributed by atoms with Crippen LogP contribution in [0.5, 0.6) is 0 Å². The van der Waals surface area contributed by atoms with E-state index in [1.54, 1.807) is 20.0 Å². The van der Waals surface area contributed by atoms with Crippen molar-refractivity contribution in [1.82, 2.24) is 4.98 Å². The quantitative estimate of drug-likeness (QED) is 0.907. The highest BCUT2D eigenvalue weighted by Gasteiger charge is 2.14. The molecule has 0 saturated carbocycles. The van der Waals surface area contributed by atoms with E-state index in [0.717, 1.165) is 12.3 Å². The fraction of sp³-hybridized carbons (Fsp3) is 0.143. The number of pyridine rings is 1. The summed E-state index contributed by atoms with van der Waals surface area (Å²) in [6.07, 6.45) is 1.01. The highest BCUT2D eigenvalue weighted by atomic mass is 19.1. The second kappa shape index (κ2) is 5.64. The van der Waals surface area contributed by atoms with Crippen LogP contribution in [0.15, 0.2) is 30.5 Å². The Bertz CT molecular complexity index is 659. The molecule has 1 aromatic heterocycles. The molecule has 104 valence electrons. The average molecular weight is 277 g/mol. The number of rotatable bonds is 3. The number of halogens is 2. The van der Waals surface area contributed by atoms with Crippen molar-refractivity contribution in [1.29, 1.82) is 0 Å². The molecular weight excluding hydrogens is 264 g/mol. The Hall–Kier alpha value is -2.50. The van der Waals surface area contributed by atoms with Gasteiger partial charge in [-0.3, -0.25) is 4.79 Å². The average Bonchev–Trinajstić information content (AvgIpc) is 2.42. The van der Waals surface area contributed by atoms with Gasteiger partial charge in [0.15, 0.2) is 0 Å². The molecule has 0 aliphatic heterocycles. The third-order valence-corrected chi connectivity index (χ3v) is 2.78. The second-order valence-electron chi connectivity index (χ2n) is 4.21. The van der Waals surface area contributed by atoms with E-state index in [4.69, 9.17) is 0 Å². The number of aryl methyl sites for hydroxylation is 1. The summed E-state index contributed by atoms with van der Waals surface area (Å²) >= 11 is 0. The molecule has 0 radical (unpaired) electrons. The third-order valence-electron chi connectivity index (χ3n) is 2.78. The predicted molar refractivity (Wildman–Crippen MR) is 72.8 cm³/mol. The summed E-state index contributed by atoms with van der Waals surface area (Å²) in [5.74, 6) is -1.39. The van der Waals surface area contributed by atoms with Crippen molar-refractivity contribution in [3.05, 3.63) is 53.2 Å². The van der Waals surface area contributed by atoms with Crippen molar-refractivity contribution in [3.63, 3.8) is 0 Å². The van der Waals surface area contributed by atoms with E-state index >= 15 is 0 Å².